The van der Waals surface area contributed by atoms with Gasteiger partial charge in [-0.1, -0.05) is 0 Å². The zero-order valence-electron chi connectivity index (χ0n) is 11.7. The van der Waals surface area contributed by atoms with Crippen molar-refractivity contribution >= 4 is 12.7 Å². The number of aliphatic hydroxyl groups is 1. The number of hydrogen-bond acceptors (Lipinski definition) is 4. The molecule has 0 amide bonds. The smallest absolute Gasteiger partial charge is 0.398 e. The largest absolute Gasteiger partial charge is 0.514 e. The summed E-state index contributed by atoms with van der Waals surface area (Å²) in [6, 6.07) is 1.91. The van der Waals surface area contributed by atoms with Crippen LogP contribution in [-0.4, -0.2) is 28.4 Å². The first-order valence-corrected chi connectivity index (χ1v) is 6.19. The molecule has 4 nitrogen and oxygen atoms in total. The third kappa shape index (κ3) is 2.18. The molecule has 0 bridgehead atoms. The topological polar surface area (TPSA) is 51.6 Å². The summed E-state index contributed by atoms with van der Waals surface area (Å²) in [4.78, 5) is 4.31. The molecule has 0 spiro atoms. The van der Waals surface area contributed by atoms with E-state index in [4.69, 9.17) is 14.4 Å². The fourth-order valence-electron chi connectivity index (χ4n) is 1.86. The number of nitrogens with zero attached hydrogens (tertiary/aromatic N) is 1. The molecule has 2 heterocycles. The van der Waals surface area contributed by atoms with Crippen molar-refractivity contribution in [1.82, 2.24) is 4.98 Å². The fraction of sp³-hybridized carbons (Fsp3) is 0.615. The lowest BCUT2D eigenvalue weighted by Gasteiger charge is -2.32. The van der Waals surface area contributed by atoms with Crippen LogP contribution in [0.1, 0.15) is 38.8 Å². The van der Waals surface area contributed by atoms with Crippen LogP contribution in [0, 0.1) is 6.92 Å². The molecule has 1 aromatic rings. The molecule has 0 atom stereocenters. The number of aliphatic hydroxyl groups excluding tert-OH is 1. The summed E-state index contributed by atoms with van der Waals surface area (Å²) in [7, 11) is -0.443. The summed E-state index contributed by atoms with van der Waals surface area (Å²) in [5, 5.41) is 9.14. The zero-order chi connectivity index (χ0) is 13.6. The molecule has 1 aliphatic rings. The predicted molar refractivity (Wildman–Crippen MR) is 70.6 cm³/mol. The first kappa shape index (κ1) is 13.5. The van der Waals surface area contributed by atoms with Crippen molar-refractivity contribution in [3.05, 3.63) is 23.4 Å². The molecule has 0 radical (unpaired) electrons. The lowest BCUT2D eigenvalue weighted by Crippen LogP contribution is -2.41. The van der Waals surface area contributed by atoms with Crippen LogP contribution in [0.25, 0.3) is 0 Å². The highest BCUT2D eigenvalue weighted by Gasteiger charge is 2.52. The lowest BCUT2D eigenvalue weighted by atomic mass is 9.83. The van der Waals surface area contributed by atoms with Gasteiger partial charge < -0.3 is 14.4 Å². The van der Waals surface area contributed by atoms with Crippen LogP contribution < -0.4 is 5.59 Å². The van der Waals surface area contributed by atoms with Crippen LogP contribution in [-0.2, 0) is 15.9 Å². The number of rotatable bonds is 2. The molecule has 0 aliphatic carbocycles. The zero-order valence-corrected chi connectivity index (χ0v) is 11.7. The second-order valence-corrected chi connectivity index (χ2v) is 5.78. The van der Waals surface area contributed by atoms with Gasteiger partial charge in [0, 0.05) is 6.20 Å². The van der Waals surface area contributed by atoms with Crippen molar-refractivity contribution in [1.29, 1.82) is 0 Å². The van der Waals surface area contributed by atoms with Crippen molar-refractivity contribution in [3.8, 4) is 0 Å². The van der Waals surface area contributed by atoms with Crippen molar-refractivity contribution in [2.45, 2.75) is 52.4 Å². The Balaban J connectivity index is 2.27. The Kier molecular flexibility index (Phi) is 3.26. The molecule has 1 aromatic heterocycles. The minimum atomic E-state index is -0.443. The van der Waals surface area contributed by atoms with E-state index in [1.807, 2.05) is 40.7 Å². The third-order valence-corrected chi connectivity index (χ3v) is 3.91. The van der Waals surface area contributed by atoms with Gasteiger partial charge in [-0.25, -0.2) is 0 Å². The third-order valence-electron chi connectivity index (χ3n) is 3.91. The Hall–Kier alpha value is -0.905. The highest BCUT2D eigenvalue weighted by atomic mass is 16.7. The highest BCUT2D eigenvalue weighted by Crippen LogP contribution is 2.36. The molecule has 1 fully saturated rings. The molecular formula is C13H20BNO3. The molecule has 1 N–H and O–H groups in total. The summed E-state index contributed by atoms with van der Waals surface area (Å²) >= 11 is 0. The predicted octanol–water partition coefficient (Wildman–Crippen LogP) is 1.18. The Morgan fingerprint density at radius 1 is 1.22 bits per heavy atom. The van der Waals surface area contributed by atoms with Gasteiger partial charge in [0.1, 0.15) is 0 Å². The molecule has 0 aromatic carbocycles. The molecule has 1 aliphatic heterocycles. The van der Waals surface area contributed by atoms with Gasteiger partial charge >= 0.3 is 7.12 Å². The molecule has 18 heavy (non-hydrogen) atoms. The minimum Gasteiger partial charge on any atom is -0.398 e. The Morgan fingerprint density at radius 3 is 2.22 bits per heavy atom. The average molecular weight is 249 g/mol. The number of hydrogen-bond donors (Lipinski definition) is 1. The van der Waals surface area contributed by atoms with Crippen molar-refractivity contribution in [3.63, 3.8) is 0 Å². The van der Waals surface area contributed by atoms with E-state index in [9.17, 15) is 0 Å². The molecule has 1 saturated heterocycles. The molecule has 0 unspecified atom stereocenters. The number of pyridine rings is 1. The van der Waals surface area contributed by atoms with Crippen LogP contribution in [0.4, 0.5) is 0 Å². The fourth-order valence-corrected chi connectivity index (χ4v) is 1.86. The highest BCUT2D eigenvalue weighted by molar-refractivity contribution is 6.61. The normalized spacial score (nSPS) is 21.3. The first-order valence-electron chi connectivity index (χ1n) is 6.19. The Labute approximate surface area is 108 Å². The van der Waals surface area contributed by atoms with Gasteiger partial charge in [-0.3, -0.25) is 4.98 Å². The Morgan fingerprint density at radius 2 is 1.78 bits per heavy atom. The number of aromatic nitrogens is 1. The first-order chi connectivity index (χ1) is 8.27. The van der Waals surface area contributed by atoms with Crippen molar-refractivity contribution in [2.24, 2.45) is 0 Å². The maximum Gasteiger partial charge on any atom is 0.514 e. The lowest BCUT2D eigenvalue weighted by molar-refractivity contribution is 0.00578. The SMILES string of the molecule is Cc1cc(B2OC(C)(C)C(C)(C)O2)ncc1CO. The summed E-state index contributed by atoms with van der Waals surface area (Å²) in [6.07, 6.45) is 1.68. The molecule has 0 saturated carbocycles. The van der Waals surface area contributed by atoms with Gasteiger partial charge in [-0.2, -0.15) is 0 Å². The summed E-state index contributed by atoms with van der Waals surface area (Å²) in [6.45, 7) is 10.0. The molecule has 98 valence electrons. The van der Waals surface area contributed by atoms with E-state index in [1.165, 1.54) is 0 Å². The molecular weight excluding hydrogens is 229 g/mol. The van der Waals surface area contributed by atoms with Crippen LogP contribution >= 0.6 is 0 Å². The maximum atomic E-state index is 9.14. The van der Waals surface area contributed by atoms with E-state index in [1.54, 1.807) is 6.20 Å². The van der Waals surface area contributed by atoms with Crippen LogP contribution in [0.3, 0.4) is 0 Å². The molecule has 5 heteroatoms. The van der Waals surface area contributed by atoms with E-state index >= 15 is 0 Å². The minimum absolute atomic E-state index is 0.00246. The van der Waals surface area contributed by atoms with Gasteiger partial charge in [0.05, 0.1) is 23.4 Å². The standard InChI is InChI=1S/C13H20BNO3/c1-9-6-11(15-7-10(9)8-16)14-17-12(2,3)13(4,5)18-14/h6-7,16H,8H2,1-5H3. The quantitative estimate of drug-likeness (QED) is 0.799. The van der Waals surface area contributed by atoms with Crippen LogP contribution in [0.15, 0.2) is 12.3 Å². The van der Waals surface area contributed by atoms with Crippen molar-refractivity contribution < 1.29 is 14.4 Å². The van der Waals surface area contributed by atoms with Gasteiger partial charge in [0.25, 0.3) is 0 Å². The van der Waals surface area contributed by atoms with Gasteiger partial charge in [0.2, 0.25) is 0 Å². The number of aryl methyl sites for hydroxylation is 1. The van der Waals surface area contributed by atoms with Gasteiger partial charge in [-0.05, 0) is 51.8 Å². The Bertz CT molecular complexity index is 444. The monoisotopic (exact) mass is 249 g/mol. The van der Waals surface area contributed by atoms with E-state index in [-0.39, 0.29) is 17.8 Å². The van der Waals surface area contributed by atoms with Crippen LogP contribution in [0.5, 0.6) is 0 Å². The summed E-state index contributed by atoms with van der Waals surface area (Å²) in [5.41, 5.74) is 1.86. The average Bonchev–Trinajstić information content (AvgIpc) is 2.48. The summed E-state index contributed by atoms with van der Waals surface area (Å²) in [5.74, 6) is 0. The second-order valence-electron chi connectivity index (χ2n) is 5.78. The van der Waals surface area contributed by atoms with E-state index in [0.29, 0.717) is 0 Å². The van der Waals surface area contributed by atoms with Crippen LogP contribution in [0.2, 0.25) is 0 Å². The van der Waals surface area contributed by atoms with Gasteiger partial charge in [0.15, 0.2) is 0 Å². The maximum absolute atomic E-state index is 9.14. The van der Waals surface area contributed by atoms with E-state index < -0.39 is 7.12 Å². The van der Waals surface area contributed by atoms with Gasteiger partial charge in [-0.15, -0.1) is 0 Å². The second kappa shape index (κ2) is 4.33. The van der Waals surface area contributed by atoms with E-state index in [0.717, 1.165) is 16.7 Å². The molecule has 2 rings (SSSR count). The van der Waals surface area contributed by atoms with E-state index in [2.05, 4.69) is 4.98 Å². The summed E-state index contributed by atoms with van der Waals surface area (Å²) < 4.78 is 11.9. The van der Waals surface area contributed by atoms with Crippen molar-refractivity contribution in [2.75, 3.05) is 0 Å².